The maximum absolute atomic E-state index is 12.6. The van der Waals surface area contributed by atoms with Crippen LogP contribution in [0.4, 0.5) is 5.69 Å². The summed E-state index contributed by atoms with van der Waals surface area (Å²) in [5.41, 5.74) is 3.50. The van der Waals surface area contributed by atoms with Crippen LogP contribution in [0.2, 0.25) is 0 Å². The highest BCUT2D eigenvalue weighted by Gasteiger charge is 2.31. The number of hydrogen-bond donors (Lipinski definition) is 1. The Morgan fingerprint density at radius 2 is 1.70 bits per heavy atom. The van der Waals surface area contributed by atoms with Gasteiger partial charge in [-0.15, -0.1) is 0 Å². The van der Waals surface area contributed by atoms with Gasteiger partial charge in [0.15, 0.2) is 6.10 Å². The van der Waals surface area contributed by atoms with Gasteiger partial charge in [0.2, 0.25) is 5.91 Å². The van der Waals surface area contributed by atoms with Crippen molar-refractivity contribution in [3.63, 3.8) is 0 Å². The molecule has 2 aromatic carbocycles. The number of hydrogen-bond acceptors (Lipinski definition) is 4. The predicted molar refractivity (Wildman–Crippen MR) is 103 cm³/mol. The number of piperazine rings is 1. The van der Waals surface area contributed by atoms with Crippen LogP contribution in [0.3, 0.4) is 0 Å². The molecule has 1 aliphatic heterocycles. The van der Waals surface area contributed by atoms with Gasteiger partial charge in [-0.25, -0.2) is 0 Å². The lowest BCUT2D eigenvalue weighted by Crippen LogP contribution is -2.53. The van der Waals surface area contributed by atoms with Crippen molar-refractivity contribution >= 4 is 17.5 Å². The molecule has 0 aromatic heterocycles. The second-order valence-electron chi connectivity index (χ2n) is 6.83. The Bertz CT molecular complexity index is 828. The van der Waals surface area contributed by atoms with E-state index in [1.165, 1.54) is 4.90 Å². The molecule has 2 amide bonds. The lowest BCUT2D eigenvalue weighted by molar-refractivity contribution is -0.144. The fourth-order valence-corrected chi connectivity index (χ4v) is 3.34. The summed E-state index contributed by atoms with van der Waals surface area (Å²) >= 11 is 0. The molecule has 0 spiro atoms. The fourth-order valence-electron chi connectivity index (χ4n) is 3.34. The molecule has 1 fully saturated rings. The van der Waals surface area contributed by atoms with Gasteiger partial charge < -0.3 is 19.6 Å². The van der Waals surface area contributed by atoms with Crippen LogP contribution in [0.5, 0.6) is 5.75 Å². The molecule has 3 rings (SSSR count). The highest BCUT2D eigenvalue weighted by Crippen LogP contribution is 2.23. The number of carbonyl (C=O) groups excluding carboxylic acids is 2. The fraction of sp³-hybridized carbons (Fsp3) is 0.333. The molecule has 1 atom stereocenters. The SMILES string of the molecule is COc1ccc([C@@H](O)C(=O)N2CCN(c3cc(C)cc(C)c3)C(=O)C2)cc1. The Labute approximate surface area is 159 Å². The molecule has 1 N–H and O–H groups in total. The van der Waals surface area contributed by atoms with Gasteiger partial charge >= 0.3 is 0 Å². The van der Waals surface area contributed by atoms with Crippen molar-refractivity contribution in [2.45, 2.75) is 20.0 Å². The van der Waals surface area contributed by atoms with Crippen LogP contribution in [0.25, 0.3) is 0 Å². The maximum Gasteiger partial charge on any atom is 0.256 e. The Kier molecular flexibility index (Phi) is 5.46. The number of aliphatic hydroxyl groups excluding tert-OH is 1. The van der Waals surface area contributed by atoms with Gasteiger partial charge in [0, 0.05) is 18.8 Å². The summed E-state index contributed by atoms with van der Waals surface area (Å²) in [6.45, 7) is 4.73. The van der Waals surface area contributed by atoms with Crippen molar-refractivity contribution in [3.8, 4) is 5.75 Å². The highest BCUT2D eigenvalue weighted by atomic mass is 16.5. The minimum absolute atomic E-state index is 0.0426. The topological polar surface area (TPSA) is 70.1 Å². The van der Waals surface area contributed by atoms with Crippen LogP contribution in [0, 0.1) is 13.8 Å². The van der Waals surface area contributed by atoms with E-state index in [0.717, 1.165) is 16.8 Å². The van der Waals surface area contributed by atoms with Gasteiger partial charge in [0.25, 0.3) is 5.91 Å². The normalized spacial score (nSPS) is 15.6. The minimum atomic E-state index is -1.29. The third-order valence-electron chi connectivity index (χ3n) is 4.72. The zero-order chi connectivity index (χ0) is 19.6. The van der Waals surface area contributed by atoms with Gasteiger partial charge in [0.1, 0.15) is 12.3 Å². The van der Waals surface area contributed by atoms with Crippen LogP contribution >= 0.6 is 0 Å². The molecule has 142 valence electrons. The highest BCUT2D eigenvalue weighted by molar-refractivity contribution is 5.98. The lowest BCUT2D eigenvalue weighted by Gasteiger charge is -2.35. The molecule has 1 aliphatic rings. The van der Waals surface area contributed by atoms with Crippen molar-refractivity contribution in [2.75, 3.05) is 31.6 Å². The zero-order valence-corrected chi connectivity index (χ0v) is 15.8. The molecule has 0 aliphatic carbocycles. The summed E-state index contributed by atoms with van der Waals surface area (Å²) in [6.07, 6.45) is -1.29. The standard InChI is InChI=1S/C21H24N2O4/c1-14-10-15(2)12-17(11-14)23-9-8-22(13-19(23)24)21(26)20(25)16-4-6-18(27-3)7-5-16/h4-7,10-12,20,25H,8-9,13H2,1-3H3/t20-/m1/s1. The second-order valence-corrected chi connectivity index (χ2v) is 6.83. The van der Waals surface area contributed by atoms with E-state index in [1.807, 2.05) is 26.0 Å². The van der Waals surface area contributed by atoms with Crippen molar-refractivity contribution in [1.82, 2.24) is 4.90 Å². The Balaban J connectivity index is 1.69. The molecule has 0 saturated carbocycles. The summed E-state index contributed by atoms with van der Waals surface area (Å²) in [5.74, 6) is 0.0331. The summed E-state index contributed by atoms with van der Waals surface area (Å²) in [7, 11) is 1.55. The van der Waals surface area contributed by atoms with E-state index in [0.29, 0.717) is 24.4 Å². The number of carbonyl (C=O) groups is 2. The summed E-state index contributed by atoms with van der Waals surface area (Å²) in [5, 5.41) is 10.4. The number of nitrogens with zero attached hydrogens (tertiary/aromatic N) is 2. The average Bonchev–Trinajstić information content (AvgIpc) is 2.66. The third kappa shape index (κ3) is 4.11. The van der Waals surface area contributed by atoms with Gasteiger partial charge in [-0.05, 0) is 54.8 Å². The molecule has 1 saturated heterocycles. The van der Waals surface area contributed by atoms with Crippen LogP contribution in [0.15, 0.2) is 42.5 Å². The van der Waals surface area contributed by atoms with E-state index in [9.17, 15) is 14.7 Å². The molecule has 0 unspecified atom stereocenters. The number of methoxy groups -OCH3 is 1. The minimum Gasteiger partial charge on any atom is -0.497 e. The Morgan fingerprint density at radius 1 is 1.07 bits per heavy atom. The van der Waals surface area contributed by atoms with Crippen LogP contribution in [-0.2, 0) is 9.59 Å². The zero-order valence-electron chi connectivity index (χ0n) is 15.8. The maximum atomic E-state index is 12.6. The molecular weight excluding hydrogens is 344 g/mol. The monoisotopic (exact) mass is 368 g/mol. The molecule has 2 aromatic rings. The lowest BCUT2D eigenvalue weighted by atomic mass is 10.1. The van der Waals surface area contributed by atoms with Gasteiger partial charge in [-0.1, -0.05) is 18.2 Å². The summed E-state index contributed by atoms with van der Waals surface area (Å²) in [6, 6.07) is 12.7. The van der Waals surface area contributed by atoms with E-state index in [-0.39, 0.29) is 12.5 Å². The molecule has 6 nitrogen and oxygen atoms in total. The van der Waals surface area contributed by atoms with Crippen LogP contribution < -0.4 is 9.64 Å². The number of anilines is 1. The number of benzene rings is 2. The van der Waals surface area contributed by atoms with E-state index >= 15 is 0 Å². The summed E-state index contributed by atoms with van der Waals surface area (Å²) < 4.78 is 5.08. The average molecular weight is 368 g/mol. The first-order valence-electron chi connectivity index (χ1n) is 8.88. The molecule has 6 heteroatoms. The quantitative estimate of drug-likeness (QED) is 0.898. The first-order valence-corrected chi connectivity index (χ1v) is 8.88. The number of aryl methyl sites for hydroxylation is 2. The summed E-state index contributed by atoms with van der Waals surface area (Å²) in [4.78, 5) is 28.3. The van der Waals surface area contributed by atoms with E-state index in [2.05, 4.69) is 6.07 Å². The largest absolute Gasteiger partial charge is 0.497 e. The molecule has 0 bridgehead atoms. The first kappa shape index (κ1) is 18.9. The number of ether oxygens (including phenoxy) is 1. The third-order valence-corrected chi connectivity index (χ3v) is 4.72. The number of aliphatic hydroxyl groups is 1. The van der Waals surface area contributed by atoms with E-state index < -0.39 is 12.0 Å². The molecule has 27 heavy (non-hydrogen) atoms. The Hall–Kier alpha value is -2.86. The van der Waals surface area contributed by atoms with E-state index in [4.69, 9.17) is 4.74 Å². The molecule has 0 radical (unpaired) electrons. The van der Waals surface area contributed by atoms with Gasteiger partial charge in [-0.2, -0.15) is 0 Å². The molecule has 1 heterocycles. The van der Waals surface area contributed by atoms with Crippen molar-refractivity contribution in [2.24, 2.45) is 0 Å². The van der Waals surface area contributed by atoms with Crippen molar-refractivity contribution in [3.05, 3.63) is 59.2 Å². The Morgan fingerprint density at radius 3 is 2.26 bits per heavy atom. The first-order chi connectivity index (χ1) is 12.9. The molecular formula is C21H24N2O4. The number of amides is 2. The predicted octanol–water partition coefficient (Wildman–Crippen LogP) is 2.22. The second kappa shape index (κ2) is 7.80. The smallest absolute Gasteiger partial charge is 0.256 e. The van der Waals surface area contributed by atoms with Crippen molar-refractivity contribution < 1.29 is 19.4 Å². The van der Waals surface area contributed by atoms with Gasteiger partial charge in [-0.3, -0.25) is 9.59 Å². The van der Waals surface area contributed by atoms with Crippen LogP contribution in [0.1, 0.15) is 22.8 Å². The van der Waals surface area contributed by atoms with Crippen molar-refractivity contribution in [1.29, 1.82) is 0 Å². The van der Waals surface area contributed by atoms with Gasteiger partial charge in [0.05, 0.1) is 7.11 Å². The van der Waals surface area contributed by atoms with E-state index in [1.54, 1.807) is 36.3 Å². The van der Waals surface area contributed by atoms with Crippen LogP contribution in [-0.4, -0.2) is 48.6 Å². The number of rotatable bonds is 4.